The first-order valence-corrected chi connectivity index (χ1v) is 16.3. The number of fused-ring (bicyclic) bond motifs is 2. The van der Waals surface area contributed by atoms with Crippen LogP contribution in [0, 0.1) is 5.82 Å². The van der Waals surface area contributed by atoms with Crippen molar-refractivity contribution in [2.24, 2.45) is 4.99 Å². The molecule has 0 spiro atoms. The van der Waals surface area contributed by atoms with Crippen molar-refractivity contribution in [3.63, 3.8) is 0 Å². The quantitative estimate of drug-likeness (QED) is 0.206. The Morgan fingerprint density at radius 2 is 1.79 bits per heavy atom. The molecule has 3 heterocycles. The minimum Gasteiger partial charge on any atom is -0.504 e. The molecule has 2 N–H and O–H groups in total. The zero-order chi connectivity index (χ0) is 33.4. The molecule has 0 unspecified atom stereocenters. The zero-order valence-electron chi connectivity index (χ0n) is 26.2. The highest BCUT2D eigenvalue weighted by molar-refractivity contribution is 7.07. The fourth-order valence-electron chi connectivity index (χ4n) is 6.07. The Balaban J connectivity index is 1.37. The maximum absolute atomic E-state index is 14.4. The number of anilines is 1. The Hall–Kier alpha value is -5.74. The van der Waals surface area contributed by atoms with Gasteiger partial charge in [0.15, 0.2) is 16.3 Å². The number of allylic oxidation sites excluding steroid dienone is 1. The van der Waals surface area contributed by atoms with Gasteiger partial charge in [-0.05, 0) is 73.5 Å². The molecule has 1 aliphatic rings. The third-order valence-electron chi connectivity index (χ3n) is 8.27. The summed E-state index contributed by atoms with van der Waals surface area (Å²) in [5, 5.41) is 14.4. The van der Waals surface area contributed by atoms with Gasteiger partial charge in [-0.3, -0.25) is 14.2 Å². The van der Waals surface area contributed by atoms with Crippen molar-refractivity contribution < 1.29 is 19.0 Å². The van der Waals surface area contributed by atoms with E-state index in [0.717, 1.165) is 22.0 Å². The minimum atomic E-state index is -0.841. The molecule has 0 saturated heterocycles. The molecule has 0 radical (unpaired) electrons. The molecule has 240 valence electrons. The molecule has 7 rings (SSSR count). The number of phenols is 1. The summed E-state index contributed by atoms with van der Waals surface area (Å²) in [4.78, 5) is 33.5. The standard InChI is InChI=1S/C38H31FN4O4S/c1-3-47-32-19-25(15-18-31(32)44)35-34(36(45)41-28-9-5-4-6-10-28)23(2)40-38-43(35)37(46)33(48-38)20-26-22-42(30-12-8-7-11-29(26)30)21-24-13-16-27(39)17-14-24/h4-20,22,35,44H,3,21H2,1-2H3,(H,41,45)/b33-20-/t35-/m0/s1. The first-order chi connectivity index (χ1) is 23.3. The smallest absolute Gasteiger partial charge is 0.271 e. The summed E-state index contributed by atoms with van der Waals surface area (Å²) in [5.41, 5.74) is 4.44. The number of halogens is 1. The van der Waals surface area contributed by atoms with Crippen LogP contribution in [0.2, 0.25) is 0 Å². The van der Waals surface area contributed by atoms with Crippen molar-refractivity contribution in [1.29, 1.82) is 0 Å². The molecule has 48 heavy (non-hydrogen) atoms. The number of ether oxygens (including phenoxy) is 1. The predicted molar refractivity (Wildman–Crippen MR) is 186 cm³/mol. The number of hydrogen-bond acceptors (Lipinski definition) is 6. The summed E-state index contributed by atoms with van der Waals surface area (Å²) in [7, 11) is 0. The van der Waals surface area contributed by atoms with E-state index >= 15 is 0 Å². The second-order valence-corrected chi connectivity index (χ2v) is 12.4. The Bertz CT molecular complexity index is 2390. The van der Waals surface area contributed by atoms with Gasteiger partial charge < -0.3 is 19.7 Å². The number of aromatic nitrogens is 2. The number of nitrogens with zero attached hydrogens (tertiary/aromatic N) is 3. The molecule has 0 bridgehead atoms. The van der Waals surface area contributed by atoms with Crippen LogP contribution in [0.15, 0.2) is 124 Å². The molecule has 6 aromatic rings. The summed E-state index contributed by atoms with van der Waals surface area (Å²) >= 11 is 1.25. The molecule has 4 aromatic carbocycles. The van der Waals surface area contributed by atoms with Crippen LogP contribution in [-0.2, 0) is 11.3 Å². The summed E-state index contributed by atoms with van der Waals surface area (Å²) in [5.74, 6) is -0.468. The van der Waals surface area contributed by atoms with Crippen molar-refractivity contribution in [3.8, 4) is 11.5 Å². The van der Waals surface area contributed by atoms with E-state index in [4.69, 9.17) is 9.73 Å². The van der Waals surface area contributed by atoms with Gasteiger partial charge in [-0.1, -0.05) is 65.9 Å². The number of carbonyl (C=O) groups excluding carboxylic acids is 1. The molecule has 2 aromatic heterocycles. The Morgan fingerprint density at radius 3 is 2.56 bits per heavy atom. The number of benzene rings is 4. The van der Waals surface area contributed by atoms with E-state index in [1.807, 2.05) is 61.7 Å². The van der Waals surface area contributed by atoms with Crippen LogP contribution in [0.4, 0.5) is 10.1 Å². The molecular weight excluding hydrogens is 628 g/mol. The summed E-state index contributed by atoms with van der Waals surface area (Å²) in [6.07, 6.45) is 3.85. The summed E-state index contributed by atoms with van der Waals surface area (Å²) in [6, 6.07) is 27.5. The lowest BCUT2D eigenvalue weighted by atomic mass is 9.94. The fourth-order valence-corrected chi connectivity index (χ4v) is 7.11. The molecule has 10 heteroatoms. The number of amides is 1. The number of carbonyl (C=O) groups is 1. The third-order valence-corrected chi connectivity index (χ3v) is 9.25. The lowest BCUT2D eigenvalue weighted by Crippen LogP contribution is -2.40. The Morgan fingerprint density at radius 1 is 1.04 bits per heavy atom. The fraction of sp³-hybridized carbons (Fsp3) is 0.132. The minimum absolute atomic E-state index is 0.0407. The highest BCUT2D eigenvalue weighted by Crippen LogP contribution is 2.36. The van der Waals surface area contributed by atoms with E-state index < -0.39 is 11.9 Å². The van der Waals surface area contributed by atoms with Crippen LogP contribution in [0.3, 0.4) is 0 Å². The van der Waals surface area contributed by atoms with Gasteiger partial charge in [-0.25, -0.2) is 9.38 Å². The highest BCUT2D eigenvalue weighted by atomic mass is 32.1. The van der Waals surface area contributed by atoms with Crippen molar-refractivity contribution in [3.05, 3.63) is 157 Å². The average molecular weight is 659 g/mol. The molecule has 0 aliphatic carbocycles. The molecule has 0 fully saturated rings. The lowest BCUT2D eigenvalue weighted by Gasteiger charge is -2.26. The van der Waals surface area contributed by atoms with Crippen molar-refractivity contribution in [2.45, 2.75) is 26.4 Å². The number of para-hydroxylation sites is 2. The maximum Gasteiger partial charge on any atom is 0.271 e. The van der Waals surface area contributed by atoms with Crippen molar-refractivity contribution in [2.75, 3.05) is 11.9 Å². The van der Waals surface area contributed by atoms with Crippen LogP contribution in [-0.4, -0.2) is 26.8 Å². The van der Waals surface area contributed by atoms with Crippen LogP contribution in [0.1, 0.15) is 36.6 Å². The number of thiazole rings is 1. The number of nitrogens with one attached hydrogen (secondary N) is 1. The van der Waals surface area contributed by atoms with Crippen LogP contribution >= 0.6 is 11.3 Å². The van der Waals surface area contributed by atoms with Gasteiger partial charge in [0, 0.05) is 34.9 Å². The van der Waals surface area contributed by atoms with Crippen LogP contribution < -0.4 is 24.9 Å². The topological polar surface area (TPSA) is 97.9 Å². The van der Waals surface area contributed by atoms with Gasteiger partial charge >= 0.3 is 0 Å². The van der Waals surface area contributed by atoms with Crippen molar-refractivity contribution in [1.82, 2.24) is 9.13 Å². The van der Waals surface area contributed by atoms with E-state index in [1.54, 1.807) is 47.9 Å². The SMILES string of the molecule is CCOc1cc([C@H]2C(C(=O)Nc3ccccc3)=C(C)N=c3s/c(=C\c4cn(Cc5ccc(F)cc5)c5ccccc45)c(=O)n32)ccc1O. The van der Waals surface area contributed by atoms with Gasteiger partial charge in [0.1, 0.15) is 5.82 Å². The second-order valence-electron chi connectivity index (χ2n) is 11.4. The Kier molecular flexibility index (Phi) is 8.24. The van der Waals surface area contributed by atoms with Gasteiger partial charge in [-0.2, -0.15) is 0 Å². The molecule has 1 aliphatic heterocycles. The first kappa shape index (κ1) is 30.9. The number of hydrogen-bond donors (Lipinski definition) is 2. The summed E-state index contributed by atoms with van der Waals surface area (Å²) in [6.45, 7) is 4.42. The van der Waals surface area contributed by atoms with Gasteiger partial charge in [-0.15, -0.1) is 0 Å². The lowest BCUT2D eigenvalue weighted by molar-refractivity contribution is -0.113. The molecule has 1 amide bonds. The average Bonchev–Trinajstić information content (AvgIpc) is 3.58. The van der Waals surface area contributed by atoms with E-state index in [-0.39, 0.29) is 22.9 Å². The highest BCUT2D eigenvalue weighted by Gasteiger charge is 2.33. The van der Waals surface area contributed by atoms with Gasteiger partial charge in [0.05, 0.1) is 28.5 Å². The number of rotatable bonds is 8. The number of phenolic OH excluding ortho intramolecular Hbond substituents is 1. The Labute approximate surface area is 279 Å². The van der Waals surface area contributed by atoms with Crippen molar-refractivity contribution >= 4 is 39.9 Å². The monoisotopic (exact) mass is 658 g/mol. The second kappa shape index (κ2) is 12.8. The van der Waals surface area contributed by atoms with Gasteiger partial charge in [0.25, 0.3) is 11.5 Å². The predicted octanol–water partition coefficient (Wildman–Crippen LogP) is 6.12. The maximum atomic E-state index is 14.4. The summed E-state index contributed by atoms with van der Waals surface area (Å²) < 4.78 is 23.3. The van der Waals surface area contributed by atoms with Crippen LogP contribution in [0.25, 0.3) is 17.0 Å². The molecule has 0 saturated carbocycles. The molecular formula is C38H31FN4O4S. The van der Waals surface area contributed by atoms with E-state index in [9.17, 15) is 19.1 Å². The molecule has 1 atom stereocenters. The number of aromatic hydroxyl groups is 1. The van der Waals surface area contributed by atoms with Crippen LogP contribution in [0.5, 0.6) is 11.5 Å². The van der Waals surface area contributed by atoms with Gasteiger partial charge in [0.2, 0.25) is 0 Å². The van der Waals surface area contributed by atoms with E-state index in [1.165, 1.54) is 29.5 Å². The largest absolute Gasteiger partial charge is 0.504 e. The van der Waals surface area contributed by atoms with E-state index in [0.29, 0.717) is 45.0 Å². The zero-order valence-corrected chi connectivity index (χ0v) is 27.0. The normalized spacial score (nSPS) is 14.6. The van der Waals surface area contributed by atoms with E-state index in [2.05, 4.69) is 9.88 Å². The third kappa shape index (κ3) is 5.82. The molecule has 8 nitrogen and oxygen atoms in total. The first-order valence-electron chi connectivity index (χ1n) is 15.5.